The average Bonchev–Trinajstić information content (AvgIpc) is 3.04. The number of carbonyl (C=O) groups is 3. The van der Waals surface area contributed by atoms with Crippen molar-refractivity contribution in [3.05, 3.63) is 59.1 Å². The van der Waals surface area contributed by atoms with Gasteiger partial charge in [0.15, 0.2) is 0 Å². The van der Waals surface area contributed by atoms with Crippen LogP contribution in [0.2, 0.25) is 5.02 Å². The first-order chi connectivity index (χ1) is 13.9. The fourth-order valence-corrected chi connectivity index (χ4v) is 3.67. The van der Waals surface area contributed by atoms with Gasteiger partial charge in [0, 0.05) is 42.7 Å². The van der Waals surface area contributed by atoms with E-state index in [2.05, 4.69) is 10.4 Å². The molecule has 0 aliphatic carbocycles. The van der Waals surface area contributed by atoms with Crippen molar-refractivity contribution in [3.63, 3.8) is 0 Å². The Hall–Kier alpha value is -3.19. The molecule has 8 heteroatoms. The van der Waals surface area contributed by atoms with Gasteiger partial charge in [0.25, 0.3) is 11.8 Å². The van der Waals surface area contributed by atoms with Gasteiger partial charge in [-0.2, -0.15) is 5.10 Å². The van der Waals surface area contributed by atoms with Crippen LogP contribution in [0.5, 0.6) is 0 Å². The molecule has 148 valence electrons. The molecule has 0 saturated carbocycles. The molecule has 2 heterocycles. The lowest BCUT2D eigenvalue weighted by atomic mass is 9.95. The summed E-state index contributed by atoms with van der Waals surface area (Å²) in [6, 6.07) is 13.7. The Balaban J connectivity index is 1.48. The van der Waals surface area contributed by atoms with Crippen molar-refractivity contribution in [1.82, 2.24) is 4.90 Å². The second kappa shape index (κ2) is 7.67. The van der Waals surface area contributed by atoms with Crippen molar-refractivity contribution in [2.75, 3.05) is 23.4 Å². The molecule has 2 aromatic rings. The number of rotatable bonds is 3. The number of nitrogens with one attached hydrogen (secondary N) is 1. The van der Waals surface area contributed by atoms with Crippen LogP contribution in [0.15, 0.2) is 53.6 Å². The fraction of sp³-hybridized carbons (Fsp3) is 0.238. The molecule has 1 N–H and O–H groups in total. The van der Waals surface area contributed by atoms with Gasteiger partial charge in [-0.05, 0) is 48.5 Å². The predicted octanol–water partition coefficient (Wildman–Crippen LogP) is 3.16. The van der Waals surface area contributed by atoms with Crippen LogP contribution >= 0.6 is 11.6 Å². The molecule has 2 aliphatic rings. The highest BCUT2D eigenvalue weighted by Crippen LogP contribution is 2.29. The van der Waals surface area contributed by atoms with Gasteiger partial charge in [0.2, 0.25) is 5.91 Å². The normalized spacial score (nSPS) is 18.3. The zero-order valence-electron chi connectivity index (χ0n) is 15.8. The lowest BCUT2D eigenvalue weighted by molar-refractivity contribution is -0.120. The molecule has 0 radical (unpaired) electrons. The maximum absolute atomic E-state index is 12.9. The SMILES string of the molecule is CC(=O)Nc1ccc(N2N=C3CCN(C(=O)c4ccc(Cl)cc4)CC3C2=O)cc1. The summed E-state index contributed by atoms with van der Waals surface area (Å²) in [7, 11) is 0. The summed E-state index contributed by atoms with van der Waals surface area (Å²) < 4.78 is 0. The highest BCUT2D eigenvalue weighted by molar-refractivity contribution is 6.30. The summed E-state index contributed by atoms with van der Waals surface area (Å²) in [5.41, 5.74) is 2.62. The molecule has 1 unspecified atom stereocenters. The van der Waals surface area contributed by atoms with E-state index < -0.39 is 5.92 Å². The zero-order valence-corrected chi connectivity index (χ0v) is 16.5. The van der Waals surface area contributed by atoms with Crippen molar-refractivity contribution in [2.24, 2.45) is 11.0 Å². The number of piperidine rings is 1. The highest BCUT2D eigenvalue weighted by atomic mass is 35.5. The van der Waals surface area contributed by atoms with Crippen LogP contribution in [-0.2, 0) is 9.59 Å². The van der Waals surface area contributed by atoms with Gasteiger partial charge in [0.1, 0.15) is 0 Å². The lowest BCUT2D eigenvalue weighted by Gasteiger charge is -2.30. The number of fused-ring (bicyclic) bond motifs is 1. The van der Waals surface area contributed by atoms with Crippen LogP contribution in [0, 0.1) is 5.92 Å². The first-order valence-electron chi connectivity index (χ1n) is 9.26. The quantitative estimate of drug-likeness (QED) is 0.843. The molecule has 0 spiro atoms. The smallest absolute Gasteiger partial charge is 0.258 e. The van der Waals surface area contributed by atoms with Crippen molar-refractivity contribution in [1.29, 1.82) is 0 Å². The molecule has 3 amide bonds. The van der Waals surface area contributed by atoms with Gasteiger partial charge in [0.05, 0.1) is 17.3 Å². The molecular formula is C21H19ClN4O3. The van der Waals surface area contributed by atoms with Crippen molar-refractivity contribution in [2.45, 2.75) is 13.3 Å². The molecule has 29 heavy (non-hydrogen) atoms. The summed E-state index contributed by atoms with van der Waals surface area (Å²) in [5.74, 6) is -0.866. The Labute approximate surface area is 172 Å². The third-order valence-electron chi connectivity index (χ3n) is 4.99. The zero-order chi connectivity index (χ0) is 20.5. The standard InChI is InChI=1S/C21H19ClN4O3/c1-13(27)23-16-6-8-17(9-7-16)26-21(29)18-12-25(11-10-19(18)24-26)20(28)14-2-4-15(22)5-3-14/h2-9,18H,10-12H2,1H3,(H,23,27). The van der Waals surface area contributed by atoms with E-state index in [1.807, 2.05) is 0 Å². The van der Waals surface area contributed by atoms with Crippen LogP contribution in [-0.4, -0.2) is 41.4 Å². The Morgan fingerprint density at radius 3 is 2.45 bits per heavy atom. The van der Waals surface area contributed by atoms with E-state index in [1.165, 1.54) is 11.9 Å². The van der Waals surface area contributed by atoms with Gasteiger partial charge in [-0.15, -0.1) is 0 Å². The predicted molar refractivity (Wildman–Crippen MR) is 111 cm³/mol. The minimum Gasteiger partial charge on any atom is -0.337 e. The minimum atomic E-state index is -0.435. The number of hydrogen-bond acceptors (Lipinski definition) is 4. The van der Waals surface area contributed by atoms with E-state index in [4.69, 9.17) is 11.6 Å². The largest absolute Gasteiger partial charge is 0.337 e. The molecular weight excluding hydrogens is 392 g/mol. The summed E-state index contributed by atoms with van der Waals surface area (Å²) in [6.45, 7) is 2.25. The minimum absolute atomic E-state index is 0.119. The number of carbonyl (C=O) groups excluding carboxylic acids is 3. The highest BCUT2D eigenvalue weighted by Gasteiger charge is 2.41. The molecule has 4 rings (SSSR count). The molecule has 1 saturated heterocycles. The van der Waals surface area contributed by atoms with E-state index in [1.54, 1.807) is 53.4 Å². The molecule has 1 atom stereocenters. The van der Waals surface area contributed by atoms with E-state index in [0.29, 0.717) is 41.5 Å². The number of benzene rings is 2. The average molecular weight is 411 g/mol. The Kier molecular flexibility index (Phi) is 5.07. The van der Waals surface area contributed by atoms with Crippen LogP contribution in [0.1, 0.15) is 23.7 Å². The first-order valence-corrected chi connectivity index (χ1v) is 9.64. The number of hydrogen-bond donors (Lipinski definition) is 1. The van der Waals surface area contributed by atoms with Crippen LogP contribution < -0.4 is 10.3 Å². The summed E-state index contributed by atoms with van der Waals surface area (Å²) in [5, 5.41) is 9.13. The number of halogens is 1. The maximum atomic E-state index is 12.9. The van der Waals surface area contributed by atoms with E-state index in [9.17, 15) is 14.4 Å². The molecule has 0 aromatic heterocycles. The monoisotopic (exact) mass is 410 g/mol. The van der Waals surface area contributed by atoms with E-state index in [0.717, 1.165) is 5.71 Å². The van der Waals surface area contributed by atoms with Crippen molar-refractivity contribution in [3.8, 4) is 0 Å². The Morgan fingerprint density at radius 2 is 1.79 bits per heavy atom. The number of hydrazone groups is 1. The van der Waals surface area contributed by atoms with Gasteiger partial charge in [-0.3, -0.25) is 14.4 Å². The molecule has 0 bridgehead atoms. The number of anilines is 2. The third-order valence-corrected chi connectivity index (χ3v) is 5.24. The van der Waals surface area contributed by atoms with Crippen LogP contribution in [0.3, 0.4) is 0 Å². The van der Waals surface area contributed by atoms with Gasteiger partial charge < -0.3 is 10.2 Å². The third kappa shape index (κ3) is 3.86. The summed E-state index contributed by atoms with van der Waals surface area (Å²) in [4.78, 5) is 38.5. The van der Waals surface area contributed by atoms with Gasteiger partial charge >= 0.3 is 0 Å². The van der Waals surface area contributed by atoms with Crippen molar-refractivity contribution >= 4 is 46.4 Å². The number of nitrogens with zero attached hydrogens (tertiary/aromatic N) is 3. The van der Waals surface area contributed by atoms with Crippen LogP contribution in [0.4, 0.5) is 11.4 Å². The topological polar surface area (TPSA) is 82.1 Å². The summed E-state index contributed by atoms with van der Waals surface area (Å²) in [6.07, 6.45) is 0.552. The molecule has 2 aromatic carbocycles. The van der Waals surface area contributed by atoms with E-state index >= 15 is 0 Å². The van der Waals surface area contributed by atoms with Gasteiger partial charge in [-0.1, -0.05) is 11.6 Å². The second-order valence-electron chi connectivity index (χ2n) is 7.03. The molecule has 7 nitrogen and oxygen atoms in total. The first kappa shape index (κ1) is 19.1. The van der Waals surface area contributed by atoms with Crippen molar-refractivity contribution < 1.29 is 14.4 Å². The summed E-state index contributed by atoms with van der Waals surface area (Å²) >= 11 is 5.89. The Bertz CT molecular complexity index is 1000. The number of likely N-dealkylation sites (tertiary alicyclic amines) is 1. The van der Waals surface area contributed by atoms with Gasteiger partial charge in [-0.25, -0.2) is 5.01 Å². The second-order valence-corrected chi connectivity index (χ2v) is 7.47. The maximum Gasteiger partial charge on any atom is 0.258 e. The Morgan fingerprint density at radius 1 is 1.10 bits per heavy atom. The molecule has 1 fully saturated rings. The van der Waals surface area contributed by atoms with Crippen LogP contribution in [0.25, 0.3) is 0 Å². The van der Waals surface area contributed by atoms with E-state index in [-0.39, 0.29) is 17.7 Å². The number of amides is 3. The molecule has 2 aliphatic heterocycles. The lowest BCUT2D eigenvalue weighted by Crippen LogP contribution is -2.46. The fourth-order valence-electron chi connectivity index (χ4n) is 3.54.